The maximum atomic E-state index is 12.2. The molecule has 2 aromatic heterocycles. The molecule has 0 saturated heterocycles. The predicted molar refractivity (Wildman–Crippen MR) is 111 cm³/mol. The van der Waals surface area contributed by atoms with E-state index in [-0.39, 0.29) is 5.91 Å². The fourth-order valence-corrected chi connectivity index (χ4v) is 4.11. The molecule has 1 amide bonds. The zero-order chi connectivity index (χ0) is 18.4. The smallest absolute Gasteiger partial charge is 0.224 e. The van der Waals surface area contributed by atoms with Crippen LogP contribution in [0.15, 0.2) is 65.1 Å². The SMILES string of the molecule is CC(C)Sc1ccc(CC(=O)NCc2cncc(-c3cccs3)c2)cc1. The van der Waals surface area contributed by atoms with Crippen molar-refractivity contribution in [3.63, 3.8) is 0 Å². The zero-order valence-corrected chi connectivity index (χ0v) is 16.6. The molecule has 0 aliphatic rings. The topological polar surface area (TPSA) is 42.0 Å². The lowest BCUT2D eigenvalue weighted by Crippen LogP contribution is -2.24. The van der Waals surface area contributed by atoms with Crippen LogP contribution in [0.25, 0.3) is 10.4 Å². The molecule has 5 heteroatoms. The van der Waals surface area contributed by atoms with E-state index in [2.05, 4.69) is 53.8 Å². The Kier molecular flexibility index (Phi) is 6.47. The van der Waals surface area contributed by atoms with Gasteiger partial charge in [-0.05, 0) is 40.8 Å². The molecule has 0 spiro atoms. The van der Waals surface area contributed by atoms with Gasteiger partial charge in [-0.15, -0.1) is 23.1 Å². The molecule has 0 radical (unpaired) electrons. The van der Waals surface area contributed by atoms with Crippen molar-refractivity contribution in [2.24, 2.45) is 0 Å². The van der Waals surface area contributed by atoms with Crippen molar-refractivity contribution in [2.45, 2.75) is 37.0 Å². The number of rotatable bonds is 7. The van der Waals surface area contributed by atoms with Crippen LogP contribution in [0.1, 0.15) is 25.0 Å². The monoisotopic (exact) mass is 382 g/mol. The molecule has 1 aromatic carbocycles. The standard InChI is InChI=1S/C21H22N2OS2/c1-15(2)26-19-7-5-16(6-8-19)11-21(24)23-13-17-10-18(14-22-12-17)20-4-3-9-25-20/h3-10,12,14-15H,11,13H2,1-2H3,(H,23,24). The maximum absolute atomic E-state index is 12.2. The summed E-state index contributed by atoms with van der Waals surface area (Å²) in [5, 5.41) is 5.59. The molecule has 0 aliphatic carbocycles. The molecule has 0 bridgehead atoms. The summed E-state index contributed by atoms with van der Waals surface area (Å²) in [5.74, 6) is 0.0239. The van der Waals surface area contributed by atoms with Gasteiger partial charge >= 0.3 is 0 Å². The van der Waals surface area contributed by atoms with E-state index in [4.69, 9.17) is 0 Å². The van der Waals surface area contributed by atoms with E-state index >= 15 is 0 Å². The van der Waals surface area contributed by atoms with E-state index in [0.717, 1.165) is 16.7 Å². The van der Waals surface area contributed by atoms with Gasteiger partial charge in [0.05, 0.1) is 6.42 Å². The molecule has 3 nitrogen and oxygen atoms in total. The van der Waals surface area contributed by atoms with E-state index < -0.39 is 0 Å². The van der Waals surface area contributed by atoms with Crippen LogP contribution in [0, 0.1) is 0 Å². The van der Waals surface area contributed by atoms with Crippen molar-refractivity contribution >= 4 is 29.0 Å². The molecule has 3 rings (SSSR count). The number of hydrogen-bond donors (Lipinski definition) is 1. The highest BCUT2D eigenvalue weighted by Crippen LogP contribution is 2.24. The maximum Gasteiger partial charge on any atom is 0.224 e. The van der Waals surface area contributed by atoms with E-state index in [1.54, 1.807) is 17.5 Å². The first-order chi connectivity index (χ1) is 12.6. The second-order valence-electron chi connectivity index (χ2n) is 6.32. The van der Waals surface area contributed by atoms with Crippen molar-refractivity contribution in [1.82, 2.24) is 10.3 Å². The van der Waals surface area contributed by atoms with E-state index in [9.17, 15) is 4.79 Å². The minimum atomic E-state index is 0.0239. The summed E-state index contributed by atoms with van der Waals surface area (Å²) >= 11 is 3.51. The number of nitrogens with zero attached hydrogens (tertiary/aromatic N) is 1. The molecule has 0 saturated carbocycles. The van der Waals surface area contributed by atoms with Crippen LogP contribution in [-0.4, -0.2) is 16.1 Å². The lowest BCUT2D eigenvalue weighted by Gasteiger charge is -2.08. The Hall–Kier alpha value is -2.11. The van der Waals surface area contributed by atoms with Gasteiger partial charge in [0.2, 0.25) is 5.91 Å². The van der Waals surface area contributed by atoms with E-state index in [0.29, 0.717) is 18.2 Å². The number of nitrogens with one attached hydrogen (secondary N) is 1. The van der Waals surface area contributed by atoms with Gasteiger partial charge in [-0.2, -0.15) is 0 Å². The van der Waals surface area contributed by atoms with Crippen LogP contribution in [0.2, 0.25) is 0 Å². The average molecular weight is 383 g/mol. The fourth-order valence-electron chi connectivity index (χ4n) is 2.57. The van der Waals surface area contributed by atoms with Gasteiger partial charge in [0, 0.05) is 39.5 Å². The number of thioether (sulfide) groups is 1. The summed E-state index contributed by atoms with van der Waals surface area (Å²) in [4.78, 5) is 18.9. The third-order valence-electron chi connectivity index (χ3n) is 3.75. The van der Waals surface area contributed by atoms with Crippen molar-refractivity contribution in [2.75, 3.05) is 0 Å². The Morgan fingerprint density at radius 2 is 1.96 bits per heavy atom. The van der Waals surface area contributed by atoms with Gasteiger partial charge in [0.15, 0.2) is 0 Å². The number of amides is 1. The van der Waals surface area contributed by atoms with Gasteiger partial charge in [0.1, 0.15) is 0 Å². The Balaban J connectivity index is 1.53. The van der Waals surface area contributed by atoms with Crippen LogP contribution >= 0.6 is 23.1 Å². The van der Waals surface area contributed by atoms with Crippen LogP contribution in [-0.2, 0) is 17.8 Å². The summed E-state index contributed by atoms with van der Waals surface area (Å²) in [5.41, 5.74) is 3.12. The first kappa shape index (κ1) is 18.7. The largest absolute Gasteiger partial charge is 0.352 e. The minimum Gasteiger partial charge on any atom is -0.352 e. The summed E-state index contributed by atoms with van der Waals surface area (Å²) < 4.78 is 0. The first-order valence-corrected chi connectivity index (χ1v) is 10.4. The number of pyridine rings is 1. The quantitative estimate of drug-likeness (QED) is 0.573. The van der Waals surface area contributed by atoms with Gasteiger partial charge in [-0.25, -0.2) is 0 Å². The zero-order valence-electron chi connectivity index (χ0n) is 14.9. The second kappa shape index (κ2) is 9.01. The van der Waals surface area contributed by atoms with E-state index in [1.165, 1.54) is 9.77 Å². The van der Waals surface area contributed by atoms with Gasteiger partial charge in [0.25, 0.3) is 0 Å². The van der Waals surface area contributed by atoms with Crippen LogP contribution in [0.3, 0.4) is 0 Å². The molecular weight excluding hydrogens is 360 g/mol. The first-order valence-electron chi connectivity index (χ1n) is 8.60. The molecule has 0 fully saturated rings. The Morgan fingerprint density at radius 3 is 2.65 bits per heavy atom. The van der Waals surface area contributed by atoms with Gasteiger partial charge in [-0.1, -0.05) is 32.0 Å². The second-order valence-corrected chi connectivity index (χ2v) is 8.92. The number of benzene rings is 1. The number of aromatic nitrogens is 1. The molecule has 2 heterocycles. The van der Waals surface area contributed by atoms with Crippen molar-refractivity contribution in [1.29, 1.82) is 0 Å². The van der Waals surface area contributed by atoms with Crippen LogP contribution < -0.4 is 5.32 Å². The molecular formula is C21H22N2OS2. The number of carbonyl (C=O) groups is 1. The fraction of sp³-hybridized carbons (Fsp3) is 0.238. The molecule has 0 aliphatic heterocycles. The summed E-state index contributed by atoms with van der Waals surface area (Å²) in [6.45, 7) is 4.84. The predicted octanol–water partition coefficient (Wildman–Crippen LogP) is 5.17. The normalized spacial score (nSPS) is 10.9. The Labute approximate surface area is 162 Å². The molecule has 0 atom stereocenters. The highest BCUT2D eigenvalue weighted by Gasteiger charge is 2.06. The van der Waals surface area contributed by atoms with Crippen molar-refractivity contribution in [3.8, 4) is 10.4 Å². The molecule has 134 valence electrons. The van der Waals surface area contributed by atoms with Gasteiger partial charge < -0.3 is 5.32 Å². The molecule has 3 aromatic rings. The Bertz CT molecular complexity index is 843. The average Bonchev–Trinajstić information content (AvgIpc) is 3.16. The van der Waals surface area contributed by atoms with Gasteiger partial charge in [-0.3, -0.25) is 9.78 Å². The summed E-state index contributed by atoms with van der Waals surface area (Å²) in [7, 11) is 0. The third kappa shape index (κ3) is 5.44. The Morgan fingerprint density at radius 1 is 1.15 bits per heavy atom. The summed E-state index contributed by atoms with van der Waals surface area (Å²) in [6, 6.07) is 14.4. The highest BCUT2D eigenvalue weighted by atomic mass is 32.2. The summed E-state index contributed by atoms with van der Waals surface area (Å²) in [6.07, 6.45) is 4.05. The number of thiophene rings is 1. The van der Waals surface area contributed by atoms with E-state index in [1.807, 2.05) is 36.2 Å². The number of carbonyl (C=O) groups excluding carboxylic acids is 1. The lowest BCUT2D eigenvalue weighted by atomic mass is 10.1. The lowest BCUT2D eigenvalue weighted by molar-refractivity contribution is -0.120. The van der Waals surface area contributed by atoms with Crippen molar-refractivity contribution < 1.29 is 4.79 Å². The molecule has 0 unspecified atom stereocenters. The highest BCUT2D eigenvalue weighted by molar-refractivity contribution is 7.99. The van der Waals surface area contributed by atoms with Crippen LogP contribution in [0.5, 0.6) is 0 Å². The number of hydrogen-bond acceptors (Lipinski definition) is 4. The van der Waals surface area contributed by atoms with Crippen LogP contribution in [0.4, 0.5) is 0 Å². The molecule has 26 heavy (non-hydrogen) atoms. The molecule has 1 N–H and O–H groups in total. The third-order valence-corrected chi connectivity index (χ3v) is 5.68. The minimum absolute atomic E-state index is 0.0239. The van der Waals surface area contributed by atoms with Crippen molar-refractivity contribution in [3.05, 3.63) is 71.4 Å².